The monoisotopic (exact) mass is 288 g/mol. The average Bonchev–Trinajstić information content (AvgIpc) is 2.86. The number of anilines is 1. The highest BCUT2D eigenvalue weighted by molar-refractivity contribution is 6.03. The van der Waals surface area contributed by atoms with Crippen LogP contribution in [0.4, 0.5) is 18.9 Å². The van der Waals surface area contributed by atoms with Crippen LogP contribution in [-0.2, 0) is 13.2 Å². The molecule has 0 radical (unpaired) electrons. The average molecular weight is 288 g/mol. The first-order valence-corrected chi connectivity index (χ1v) is 5.55. The topological polar surface area (TPSA) is 73.0 Å². The van der Waals surface area contributed by atoms with E-state index in [0.717, 1.165) is 4.68 Å². The Labute approximate surface area is 111 Å². The van der Waals surface area contributed by atoms with Crippen LogP contribution in [0.2, 0.25) is 0 Å². The van der Waals surface area contributed by atoms with E-state index in [2.05, 4.69) is 15.6 Å². The van der Waals surface area contributed by atoms with Crippen LogP contribution >= 0.6 is 0 Å². The van der Waals surface area contributed by atoms with Crippen LogP contribution in [0.1, 0.15) is 27.6 Å². The van der Waals surface area contributed by atoms with Gasteiger partial charge in [0.2, 0.25) is 0 Å². The van der Waals surface area contributed by atoms with Crippen LogP contribution in [0, 0.1) is 13.8 Å². The standard InChI is InChI=1S/C11H11F3N4O2/c1-5-9(6(2)20-17-5)15-10(19)7-4-8(11(12,13)14)16-18(7)3/h4H,1-3H3,(H,15,19). The molecule has 0 bridgehead atoms. The van der Waals surface area contributed by atoms with E-state index in [9.17, 15) is 18.0 Å². The summed E-state index contributed by atoms with van der Waals surface area (Å²) in [5.41, 5.74) is -0.556. The van der Waals surface area contributed by atoms with E-state index in [1.807, 2.05) is 0 Å². The van der Waals surface area contributed by atoms with Gasteiger partial charge in [-0.1, -0.05) is 5.16 Å². The van der Waals surface area contributed by atoms with Gasteiger partial charge in [0.1, 0.15) is 17.1 Å². The van der Waals surface area contributed by atoms with Gasteiger partial charge >= 0.3 is 6.18 Å². The molecule has 0 saturated carbocycles. The molecule has 0 fully saturated rings. The highest BCUT2D eigenvalue weighted by Crippen LogP contribution is 2.28. The molecule has 0 aromatic carbocycles. The SMILES string of the molecule is Cc1noc(C)c1NC(=O)c1cc(C(F)(F)F)nn1C. The van der Waals surface area contributed by atoms with E-state index < -0.39 is 17.8 Å². The van der Waals surface area contributed by atoms with Crippen LogP contribution in [0.3, 0.4) is 0 Å². The lowest BCUT2D eigenvalue weighted by molar-refractivity contribution is -0.141. The van der Waals surface area contributed by atoms with E-state index >= 15 is 0 Å². The second-order valence-electron chi connectivity index (χ2n) is 4.19. The van der Waals surface area contributed by atoms with Crippen molar-refractivity contribution >= 4 is 11.6 Å². The molecule has 1 N–H and O–H groups in total. The van der Waals surface area contributed by atoms with Crippen molar-refractivity contribution in [2.75, 3.05) is 5.32 Å². The van der Waals surface area contributed by atoms with Crippen molar-refractivity contribution in [3.8, 4) is 0 Å². The van der Waals surface area contributed by atoms with Crippen molar-refractivity contribution in [3.05, 3.63) is 28.9 Å². The lowest BCUT2D eigenvalue weighted by Gasteiger charge is -2.03. The molecular formula is C11H11F3N4O2. The third-order valence-electron chi connectivity index (χ3n) is 2.67. The maximum Gasteiger partial charge on any atom is 0.435 e. The quantitative estimate of drug-likeness (QED) is 0.920. The van der Waals surface area contributed by atoms with E-state index in [4.69, 9.17) is 4.52 Å². The van der Waals surface area contributed by atoms with Gasteiger partial charge < -0.3 is 9.84 Å². The summed E-state index contributed by atoms with van der Waals surface area (Å²) in [5.74, 6) is -0.348. The zero-order chi connectivity index (χ0) is 15.1. The minimum Gasteiger partial charge on any atom is -0.359 e. The maximum atomic E-state index is 12.5. The minimum absolute atomic E-state index is 0.211. The molecular weight excluding hydrogens is 277 g/mol. The molecule has 0 aliphatic carbocycles. The summed E-state index contributed by atoms with van der Waals surface area (Å²) in [4.78, 5) is 12.0. The number of aromatic nitrogens is 3. The van der Waals surface area contributed by atoms with Crippen molar-refractivity contribution in [3.63, 3.8) is 0 Å². The largest absolute Gasteiger partial charge is 0.435 e. The number of nitrogens with one attached hydrogen (secondary N) is 1. The Morgan fingerprint density at radius 1 is 1.40 bits per heavy atom. The van der Waals surface area contributed by atoms with E-state index in [-0.39, 0.29) is 5.69 Å². The smallest absolute Gasteiger partial charge is 0.359 e. The number of halogens is 3. The number of hydrogen-bond donors (Lipinski definition) is 1. The highest BCUT2D eigenvalue weighted by atomic mass is 19.4. The van der Waals surface area contributed by atoms with Crippen molar-refractivity contribution in [2.45, 2.75) is 20.0 Å². The Kier molecular flexibility index (Phi) is 3.28. The molecule has 9 heteroatoms. The molecule has 6 nitrogen and oxygen atoms in total. The minimum atomic E-state index is -4.60. The van der Waals surface area contributed by atoms with Crippen LogP contribution < -0.4 is 5.32 Å². The fraction of sp³-hybridized carbons (Fsp3) is 0.364. The number of aryl methyl sites for hydroxylation is 3. The molecule has 20 heavy (non-hydrogen) atoms. The number of alkyl halides is 3. The van der Waals surface area contributed by atoms with Gasteiger partial charge in [-0.15, -0.1) is 0 Å². The molecule has 0 unspecified atom stereocenters. The van der Waals surface area contributed by atoms with Crippen molar-refractivity contribution in [2.24, 2.45) is 7.05 Å². The maximum absolute atomic E-state index is 12.5. The number of amides is 1. The van der Waals surface area contributed by atoms with Crippen molar-refractivity contribution in [1.82, 2.24) is 14.9 Å². The van der Waals surface area contributed by atoms with E-state index in [1.54, 1.807) is 13.8 Å². The summed E-state index contributed by atoms with van der Waals surface area (Å²) in [6, 6.07) is 0.688. The predicted octanol–water partition coefficient (Wildman–Crippen LogP) is 2.30. The number of nitrogens with zero attached hydrogens (tertiary/aromatic N) is 3. The summed E-state index contributed by atoms with van der Waals surface area (Å²) < 4.78 is 43.3. The van der Waals surface area contributed by atoms with Gasteiger partial charge in [0.15, 0.2) is 11.5 Å². The first kappa shape index (κ1) is 14.1. The second-order valence-corrected chi connectivity index (χ2v) is 4.19. The first-order valence-electron chi connectivity index (χ1n) is 5.55. The van der Waals surface area contributed by atoms with Gasteiger partial charge in [0.25, 0.3) is 5.91 Å². The van der Waals surface area contributed by atoms with Crippen LogP contribution in [0.5, 0.6) is 0 Å². The number of rotatable bonds is 2. The van der Waals surface area contributed by atoms with Gasteiger partial charge in [-0.25, -0.2) is 0 Å². The van der Waals surface area contributed by atoms with Crippen molar-refractivity contribution < 1.29 is 22.5 Å². The van der Waals surface area contributed by atoms with E-state index in [1.165, 1.54) is 7.05 Å². The number of carbonyl (C=O) groups excluding carboxylic acids is 1. The Morgan fingerprint density at radius 2 is 2.05 bits per heavy atom. The Morgan fingerprint density at radius 3 is 2.50 bits per heavy atom. The molecule has 0 spiro atoms. The third kappa shape index (κ3) is 2.51. The summed E-state index contributed by atoms with van der Waals surface area (Å²) in [7, 11) is 1.26. The molecule has 0 aliphatic rings. The molecule has 0 saturated heterocycles. The van der Waals surface area contributed by atoms with Crippen LogP contribution in [-0.4, -0.2) is 20.8 Å². The molecule has 2 rings (SSSR count). The normalized spacial score (nSPS) is 11.7. The first-order chi connectivity index (χ1) is 9.20. The molecule has 108 valence electrons. The number of hydrogen-bond acceptors (Lipinski definition) is 4. The molecule has 2 aromatic heterocycles. The fourth-order valence-corrected chi connectivity index (χ4v) is 1.66. The Balaban J connectivity index is 2.29. The number of carbonyl (C=O) groups is 1. The Hall–Kier alpha value is -2.32. The summed E-state index contributed by atoms with van der Waals surface area (Å²) >= 11 is 0. The van der Waals surface area contributed by atoms with Gasteiger partial charge in [-0.2, -0.15) is 18.3 Å². The van der Waals surface area contributed by atoms with Gasteiger partial charge in [-0.05, 0) is 13.8 Å². The summed E-state index contributed by atoms with van der Waals surface area (Å²) in [5, 5.41) is 9.36. The third-order valence-corrected chi connectivity index (χ3v) is 2.67. The molecule has 0 atom stereocenters. The van der Waals surface area contributed by atoms with Gasteiger partial charge in [-0.3, -0.25) is 9.48 Å². The molecule has 0 aliphatic heterocycles. The van der Waals surface area contributed by atoms with Crippen molar-refractivity contribution in [1.29, 1.82) is 0 Å². The molecule has 2 heterocycles. The lowest BCUT2D eigenvalue weighted by Crippen LogP contribution is -2.16. The van der Waals surface area contributed by atoms with Gasteiger partial charge in [0, 0.05) is 13.1 Å². The van der Waals surface area contributed by atoms with Gasteiger partial charge in [0.05, 0.1) is 0 Å². The fourth-order valence-electron chi connectivity index (χ4n) is 1.66. The van der Waals surface area contributed by atoms with Crippen LogP contribution in [0.25, 0.3) is 0 Å². The molecule has 1 amide bonds. The van der Waals surface area contributed by atoms with E-state index in [0.29, 0.717) is 23.2 Å². The lowest BCUT2D eigenvalue weighted by atomic mass is 10.3. The second kappa shape index (κ2) is 4.66. The molecule has 2 aromatic rings. The summed E-state index contributed by atoms with van der Waals surface area (Å²) in [6.07, 6.45) is -4.60. The van der Waals surface area contributed by atoms with Crippen LogP contribution in [0.15, 0.2) is 10.6 Å². The highest BCUT2D eigenvalue weighted by Gasteiger charge is 2.35. The zero-order valence-electron chi connectivity index (χ0n) is 10.9. The summed E-state index contributed by atoms with van der Waals surface area (Å²) in [6.45, 7) is 3.19. The Bertz CT molecular complexity index is 638. The predicted molar refractivity (Wildman–Crippen MR) is 62.1 cm³/mol. The zero-order valence-corrected chi connectivity index (χ0v) is 10.9.